The number of hydrogen-bond acceptors (Lipinski definition) is 6. The Hall–Kier alpha value is -2.97. The van der Waals surface area contributed by atoms with Crippen LogP contribution in [0.15, 0.2) is 28.7 Å². The Morgan fingerprint density at radius 2 is 1.79 bits per heavy atom. The Morgan fingerprint density at radius 1 is 1.21 bits per heavy atom. The topological polar surface area (TPSA) is 114 Å². The van der Waals surface area contributed by atoms with Gasteiger partial charge in [-0.05, 0) is 38.2 Å². The molecule has 0 spiro atoms. The fraction of sp³-hybridized carbons (Fsp3) is 0.550. The van der Waals surface area contributed by atoms with Crippen molar-refractivity contribution < 1.29 is 23.7 Å². The summed E-state index contributed by atoms with van der Waals surface area (Å²) < 4.78 is 5.32. The highest BCUT2D eigenvalue weighted by molar-refractivity contribution is 6.07. The standard InChI is InChI=1S/C20H23N3O6/c1-3-21(4-2)15(24)10-13(14-7-8-16(29-14)23(27)28)22-19(25)17-11-5-6-12(9-11)18(17)20(22)26/h5-8,11-13,17-18H,3-4,9-10H2,1-2H3. The van der Waals surface area contributed by atoms with Gasteiger partial charge in [-0.2, -0.15) is 0 Å². The van der Waals surface area contributed by atoms with Crippen LogP contribution < -0.4 is 0 Å². The van der Waals surface area contributed by atoms with E-state index in [0.717, 1.165) is 11.3 Å². The number of allylic oxidation sites excluding steroid dienone is 2. The highest BCUT2D eigenvalue weighted by Gasteiger charge is 2.61. The summed E-state index contributed by atoms with van der Waals surface area (Å²) in [5, 5.41) is 11.0. The van der Waals surface area contributed by atoms with Crippen LogP contribution >= 0.6 is 0 Å². The van der Waals surface area contributed by atoms with E-state index >= 15 is 0 Å². The Balaban J connectivity index is 1.68. The third-order valence-electron chi connectivity index (χ3n) is 6.42. The number of amides is 3. The van der Waals surface area contributed by atoms with Crippen LogP contribution in [-0.4, -0.2) is 45.5 Å². The molecule has 154 valence electrons. The van der Waals surface area contributed by atoms with Crippen molar-refractivity contribution in [2.24, 2.45) is 23.7 Å². The molecule has 3 amide bonds. The minimum Gasteiger partial charge on any atom is -0.404 e. The Labute approximate surface area is 167 Å². The van der Waals surface area contributed by atoms with Gasteiger partial charge in [0, 0.05) is 13.1 Å². The molecule has 1 aromatic rings. The molecule has 2 aliphatic carbocycles. The van der Waals surface area contributed by atoms with E-state index in [9.17, 15) is 24.5 Å². The van der Waals surface area contributed by atoms with Crippen LogP contribution in [0.25, 0.3) is 0 Å². The number of hydrogen-bond donors (Lipinski definition) is 0. The minimum atomic E-state index is -0.984. The van der Waals surface area contributed by atoms with E-state index in [4.69, 9.17) is 4.42 Å². The lowest BCUT2D eigenvalue weighted by molar-refractivity contribution is -0.402. The van der Waals surface area contributed by atoms with Gasteiger partial charge in [-0.3, -0.25) is 29.4 Å². The normalized spacial score (nSPS) is 28.1. The summed E-state index contributed by atoms with van der Waals surface area (Å²) in [6.07, 6.45) is 4.63. The van der Waals surface area contributed by atoms with Gasteiger partial charge >= 0.3 is 5.88 Å². The van der Waals surface area contributed by atoms with Gasteiger partial charge in [0.25, 0.3) is 0 Å². The first kappa shape index (κ1) is 19.4. The van der Waals surface area contributed by atoms with Gasteiger partial charge in [-0.1, -0.05) is 12.2 Å². The molecule has 3 aliphatic rings. The van der Waals surface area contributed by atoms with E-state index in [1.165, 1.54) is 12.1 Å². The number of nitro groups is 1. The Morgan fingerprint density at radius 3 is 2.28 bits per heavy atom. The molecule has 29 heavy (non-hydrogen) atoms. The van der Waals surface area contributed by atoms with Gasteiger partial charge in [0.05, 0.1) is 24.3 Å². The summed E-state index contributed by atoms with van der Waals surface area (Å²) >= 11 is 0. The van der Waals surface area contributed by atoms with Crippen molar-refractivity contribution in [2.45, 2.75) is 32.7 Å². The summed E-state index contributed by atoms with van der Waals surface area (Å²) in [4.78, 5) is 52.3. The van der Waals surface area contributed by atoms with Crippen molar-refractivity contribution in [3.63, 3.8) is 0 Å². The first-order valence-corrected chi connectivity index (χ1v) is 9.94. The second-order valence-corrected chi connectivity index (χ2v) is 7.77. The van der Waals surface area contributed by atoms with Crippen molar-refractivity contribution in [3.05, 3.63) is 40.2 Å². The second-order valence-electron chi connectivity index (χ2n) is 7.77. The second kappa shape index (κ2) is 7.13. The molecule has 5 unspecified atom stereocenters. The first-order chi connectivity index (χ1) is 13.9. The summed E-state index contributed by atoms with van der Waals surface area (Å²) in [5.74, 6) is -2.00. The lowest BCUT2D eigenvalue weighted by Gasteiger charge is -2.28. The van der Waals surface area contributed by atoms with Crippen LogP contribution in [0.5, 0.6) is 0 Å². The number of likely N-dealkylation sites (tertiary alicyclic amines) is 1. The fourth-order valence-electron chi connectivity index (χ4n) is 5.04. The van der Waals surface area contributed by atoms with Gasteiger partial charge in [0.2, 0.25) is 17.7 Å². The SMILES string of the molecule is CCN(CC)C(=O)CC(c1ccc([N+](=O)[O-])o1)N1C(=O)C2C3C=CC(C3)C2C1=O. The lowest BCUT2D eigenvalue weighted by Crippen LogP contribution is -2.40. The van der Waals surface area contributed by atoms with Crippen LogP contribution in [0.2, 0.25) is 0 Å². The predicted octanol–water partition coefficient (Wildman–Crippen LogP) is 2.29. The molecular weight excluding hydrogens is 378 g/mol. The van der Waals surface area contributed by atoms with E-state index < -0.39 is 28.7 Å². The van der Waals surface area contributed by atoms with Gasteiger partial charge in [-0.25, -0.2) is 0 Å². The zero-order valence-corrected chi connectivity index (χ0v) is 16.3. The number of fused-ring (bicyclic) bond motifs is 5. The molecule has 5 atom stereocenters. The quantitative estimate of drug-likeness (QED) is 0.300. The van der Waals surface area contributed by atoms with Gasteiger partial charge in [-0.15, -0.1) is 0 Å². The Bertz CT molecular complexity index is 872. The lowest BCUT2D eigenvalue weighted by atomic mass is 9.85. The molecule has 9 nitrogen and oxygen atoms in total. The third kappa shape index (κ3) is 2.95. The predicted molar refractivity (Wildman–Crippen MR) is 100 cm³/mol. The maximum absolute atomic E-state index is 13.2. The number of carbonyl (C=O) groups excluding carboxylic acids is 3. The number of carbonyl (C=O) groups is 3. The minimum absolute atomic E-state index is 0.0384. The molecule has 0 aromatic carbocycles. The van der Waals surface area contributed by atoms with Crippen molar-refractivity contribution in [1.82, 2.24) is 9.80 Å². The third-order valence-corrected chi connectivity index (χ3v) is 6.42. The zero-order chi connectivity index (χ0) is 20.9. The van der Waals surface area contributed by atoms with Gasteiger partial charge < -0.3 is 9.32 Å². The smallest absolute Gasteiger partial charge is 0.404 e. The van der Waals surface area contributed by atoms with Crippen molar-refractivity contribution in [1.29, 1.82) is 0 Å². The maximum Gasteiger partial charge on any atom is 0.433 e. The van der Waals surface area contributed by atoms with Crippen LogP contribution in [0.3, 0.4) is 0 Å². The monoisotopic (exact) mass is 401 g/mol. The molecule has 2 fully saturated rings. The molecule has 1 saturated heterocycles. The molecule has 1 aromatic heterocycles. The molecule has 2 bridgehead atoms. The average Bonchev–Trinajstić information content (AvgIpc) is 3.45. The van der Waals surface area contributed by atoms with Crippen LogP contribution in [0, 0.1) is 33.8 Å². The zero-order valence-electron chi connectivity index (χ0n) is 16.3. The number of nitrogens with zero attached hydrogens (tertiary/aromatic N) is 3. The van der Waals surface area contributed by atoms with E-state index in [1.54, 1.807) is 4.90 Å². The summed E-state index contributed by atoms with van der Waals surface area (Å²) in [7, 11) is 0. The highest BCUT2D eigenvalue weighted by atomic mass is 16.6. The first-order valence-electron chi connectivity index (χ1n) is 9.94. The molecular formula is C20H23N3O6. The molecule has 0 N–H and O–H groups in total. The molecule has 0 radical (unpaired) electrons. The molecule has 4 rings (SSSR count). The van der Waals surface area contributed by atoms with Gasteiger partial charge in [0.1, 0.15) is 16.7 Å². The number of imide groups is 1. The Kier molecular flexibility index (Phi) is 4.76. The summed E-state index contributed by atoms with van der Waals surface area (Å²) in [5.41, 5.74) is 0. The summed E-state index contributed by atoms with van der Waals surface area (Å²) in [6.45, 7) is 4.66. The molecule has 9 heteroatoms. The fourth-order valence-corrected chi connectivity index (χ4v) is 5.04. The van der Waals surface area contributed by atoms with E-state index in [-0.39, 0.29) is 41.7 Å². The molecule has 2 heterocycles. The van der Waals surface area contributed by atoms with E-state index in [1.807, 2.05) is 26.0 Å². The van der Waals surface area contributed by atoms with Crippen LogP contribution in [0.4, 0.5) is 5.88 Å². The summed E-state index contributed by atoms with van der Waals surface area (Å²) in [6, 6.07) is 1.57. The number of rotatable bonds is 7. The van der Waals surface area contributed by atoms with Crippen LogP contribution in [0.1, 0.15) is 38.5 Å². The van der Waals surface area contributed by atoms with Gasteiger partial charge in [0.15, 0.2) is 0 Å². The van der Waals surface area contributed by atoms with Crippen molar-refractivity contribution >= 4 is 23.6 Å². The number of furan rings is 1. The van der Waals surface area contributed by atoms with Crippen molar-refractivity contribution in [2.75, 3.05) is 13.1 Å². The maximum atomic E-state index is 13.2. The molecule has 1 saturated carbocycles. The average molecular weight is 401 g/mol. The van der Waals surface area contributed by atoms with Crippen LogP contribution in [-0.2, 0) is 14.4 Å². The highest BCUT2D eigenvalue weighted by Crippen LogP contribution is 2.54. The van der Waals surface area contributed by atoms with E-state index in [2.05, 4.69) is 0 Å². The van der Waals surface area contributed by atoms with E-state index in [0.29, 0.717) is 13.1 Å². The largest absolute Gasteiger partial charge is 0.433 e. The molecule has 1 aliphatic heterocycles. The van der Waals surface area contributed by atoms with Crippen molar-refractivity contribution in [3.8, 4) is 0 Å².